The maximum absolute atomic E-state index is 13.3. The first-order valence-electron chi connectivity index (χ1n) is 10.4. The first kappa shape index (κ1) is 20.8. The molecule has 0 saturated heterocycles. The van der Waals surface area contributed by atoms with Crippen LogP contribution in [0, 0.1) is 0 Å². The van der Waals surface area contributed by atoms with E-state index in [2.05, 4.69) is 15.3 Å². The van der Waals surface area contributed by atoms with Gasteiger partial charge in [-0.3, -0.25) is 4.40 Å². The summed E-state index contributed by atoms with van der Waals surface area (Å²) in [6.07, 6.45) is -0.991. The molecule has 8 heteroatoms. The number of fused-ring (bicyclic) bond motifs is 3. The Bertz CT molecular complexity index is 1460. The lowest BCUT2D eigenvalue weighted by Gasteiger charge is -2.19. The van der Waals surface area contributed by atoms with Crippen molar-refractivity contribution >= 4 is 28.2 Å². The van der Waals surface area contributed by atoms with E-state index in [0.717, 1.165) is 34.2 Å². The molecule has 1 atom stereocenters. The molecule has 33 heavy (non-hydrogen) atoms. The number of hydrogen-bond acceptors (Lipinski definition) is 4. The number of anilines is 2. The van der Waals surface area contributed by atoms with Crippen LogP contribution in [0.3, 0.4) is 0 Å². The van der Waals surface area contributed by atoms with E-state index in [1.54, 1.807) is 19.2 Å². The van der Waals surface area contributed by atoms with Crippen LogP contribution in [0.4, 0.5) is 24.7 Å². The summed E-state index contributed by atoms with van der Waals surface area (Å²) >= 11 is 0. The van der Waals surface area contributed by atoms with E-state index in [1.165, 1.54) is 0 Å². The molecule has 5 nitrogen and oxygen atoms in total. The van der Waals surface area contributed by atoms with Gasteiger partial charge in [0.15, 0.2) is 0 Å². The van der Waals surface area contributed by atoms with Crippen LogP contribution >= 0.6 is 0 Å². The van der Waals surface area contributed by atoms with Crippen LogP contribution in [0.25, 0.3) is 27.8 Å². The minimum Gasteiger partial charge on any atom is -0.399 e. The number of aromatic nitrogens is 3. The molecule has 0 saturated carbocycles. The second-order valence-electron chi connectivity index (χ2n) is 7.91. The van der Waals surface area contributed by atoms with Gasteiger partial charge in [0, 0.05) is 23.5 Å². The van der Waals surface area contributed by atoms with Crippen molar-refractivity contribution in [1.82, 2.24) is 14.4 Å². The van der Waals surface area contributed by atoms with Crippen molar-refractivity contribution in [2.24, 2.45) is 0 Å². The molecule has 2 heterocycles. The quantitative estimate of drug-likeness (QED) is 0.316. The molecule has 0 unspecified atom stereocenters. The number of imidazole rings is 1. The van der Waals surface area contributed by atoms with Crippen LogP contribution in [-0.4, -0.2) is 14.4 Å². The highest BCUT2D eigenvalue weighted by atomic mass is 19.4. The zero-order chi connectivity index (χ0) is 23.2. The van der Waals surface area contributed by atoms with Crippen molar-refractivity contribution in [3.8, 4) is 11.1 Å². The number of halogens is 3. The predicted molar refractivity (Wildman–Crippen MR) is 124 cm³/mol. The number of rotatable bonds is 4. The van der Waals surface area contributed by atoms with Crippen molar-refractivity contribution < 1.29 is 13.2 Å². The maximum Gasteiger partial charge on any atom is 0.416 e. The third kappa shape index (κ3) is 3.95. The summed E-state index contributed by atoms with van der Waals surface area (Å²) in [6, 6.07) is 19.1. The molecule has 0 aliphatic carbocycles. The van der Waals surface area contributed by atoms with E-state index in [-0.39, 0.29) is 5.69 Å². The Morgan fingerprint density at radius 3 is 2.52 bits per heavy atom. The second-order valence-corrected chi connectivity index (χ2v) is 7.91. The van der Waals surface area contributed by atoms with Gasteiger partial charge in [-0.1, -0.05) is 36.4 Å². The summed E-state index contributed by atoms with van der Waals surface area (Å²) in [6.45, 7) is 1.78. The molecule has 0 spiro atoms. The van der Waals surface area contributed by atoms with Gasteiger partial charge in [-0.05, 0) is 53.9 Å². The fourth-order valence-electron chi connectivity index (χ4n) is 3.96. The van der Waals surface area contributed by atoms with Crippen LogP contribution in [0.1, 0.15) is 24.1 Å². The zero-order valence-electron chi connectivity index (χ0n) is 17.6. The van der Waals surface area contributed by atoms with Crippen LogP contribution in [0.15, 0.2) is 79.1 Å². The van der Waals surface area contributed by atoms with Crippen molar-refractivity contribution in [3.63, 3.8) is 0 Å². The number of alkyl halides is 3. The van der Waals surface area contributed by atoms with Gasteiger partial charge in [0.05, 0.1) is 17.1 Å². The summed E-state index contributed by atoms with van der Waals surface area (Å²) in [5, 5.41) is 4.11. The predicted octanol–water partition coefficient (Wildman–Crippen LogP) is 6.32. The van der Waals surface area contributed by atoms with Crippen molar-refractivity contribution in [3.05, 3.63) is 90.3 Å². The Balaban J connectivity index is 1.61. The van der Waals surface area contributed by atoms with Gasteiger partial charge in [0.25, 0.3) is 0 Å². The molecular weight excluding hydrogens is 427 g/mol. The molecule has 166 valence electrons. The lowest BCUT2D eigenvalue weighted by atomic mass is 10.0. The van der Waals surface area contributed by atoms with E-state index in [4.69, 9.17) is 5.73 Å². The van der Waals surface area contributed by atoms with E-state index in [1.807, 2.05) is 59.1 Å². The Labute approximate surface area is 187 Å². The molecule has 0 bridgehead atoms. The highest BCUT2D eigenvalue weighted by molar-refractivity contribution is 5.94. The van der Waals surface area contributed by atoms with Crippen molar-refractivity contribution in [2.45, 2.75) is 19.1 Å². The third-order valence-electron chi connectivity index (χ3n) is 5.61. The van der Waals surface area contributed by atoms with Gasteiger partial charge in [0.2, 0.25) is 5.78 Å². The number of hydrogen-bond donors (Lipinski definition) is 2. The van der Waals surface area contributed by atoms with Gasteiger partial charge in [-0.25, -0.2) is 4.98 Å². The number of nitrogen functional groups attached to an aromatic ring is 1. The summed E-state index contributed by atoms with van der Waals surface area (Å²) in [5.41, 5.74) is 8.40. The summed E-state index contributed by atoms with van der Waals surface area (Å²) in [4.78, 5) is 8.94. The summed E-state index contributed by atoms with van der Waals surface area (Å²) in [7, 11) is 0. The fraction of sp³-hybridized carbons (Fsp3) is 0.120. The highest BCUT2D eigenvalue weighted by Crippen LogP contribution is 2.35. The molecule has 5 aromatic rings. The molecule has 0 fully saturated rings. The number of benzene rings is 3. The number of nitrogens with zero attached hydrogens (tertiary/aromatic N) is 3. The molecule has 5 rings (SSSR count). The van der Waals surface area contributed by atoms with Crippen LogP contribution in [-0.2, 0) is 6.18 Å². The van der Waals surface area contributed by atoms with E-state index in [9.17, 15) is 13.2 Å². The number of nitrogens with two attached hydrogens (primary N) is 1. The third-order valence-corrected chi connectivity index (χ3v) is 5.61. The molecular formula is C25H20F3N5. The van der Waals surface area contributed by atoms with Gasteiger partial charge in [-0.15, -0.1) is 0 Å². The lowest BCUT2D eigenvalue weighted by Crippen LogP contribution is -2.12. The van der Waals surface area contributed by atoms with E-state index >= 15 is 0 Å². The Hall–Kier alpha value is -4.07. The first-order valence-corrected chi connectivity index (χ1v) is 10.4. The standard InChI is InChI=1S/C25H20F3N5/c1-15(18-11-19(25(26,27)28)14-20(29)12-18)31-23-21-13-17(16-5-3-2-4-6-16)7-8-22(21)33-10-9-30-24(33)32-23/h2-15H,29H2,1H3,(H,30,31,32)/t15-/m1/s1. The van der Waals surface area contributed by atoms with E-state index in [0.29, 0.717) is 17.2 Å². The topological polar surface area (TPSA) is 68.2 Å². The SMILES string of the molecule is C[C@@H](Nc1nc2nccn2c2ccc(-c3ccccc3)cc12)c1cc(N)cc(C(F)(F)F)c1. The Morgan fingerprint density at radius 1 is 0.970 bits per heavy atom. The summed E-state index contributed by atoms with van der Waals surface area (Å²) in [5.74, 6) is 1.03. The lowest BCUT2D eigenvalue weighted by molar-refractivity contribution is -0.137. The Kier molecular flexibility index (Phi) is 4.92. The Morgan fingerprint density at radius 2 is 1.76 bits per heavy atom. The van der Waals surface area contributed by atoms with Crippen LogP contribution < -0.4 is 11.1 Å². The molecule has 0 aliphatic rings. The van der Waals surface area contributed by atoms with Gasteiger partial charge >= 0.3 is 6.18 Å². The monoisotopic (exact) mass is 447 g/mol. The largest absolute Gasteiger partial charge is 0.416 e. The maximum atomic E-state index is 13.3. The van der Waals surface area contributed by atoms with Crippen molar-refractivity contribution in [1.29, 1.82) is 0 Å². The zero-order valence-corrected chi connectivity index (χ0v) is 17.6. The van der Waals surface area contributed by atoms with Gasteiger partial charge in [0.1, 0.15) is 5.82 Å². The minimum atomic E-state index is -4.48. The molecule has 0 amide bonds. The highest BCUT2D eigenvalue weighted by Gasteiger charge is 2.31. The van der Waals surface area contributed by atoms with Gasteiger partial charge < -0.3 is 11.1 Å². The molecule has 2 aromatic heterocycles. The van der Waals surface area contributed by atoms with Crippen molar-refractivity contribution in [2.75, 3.05) is 11.1 Å². The second kappa shape index (κ2) is 7.81. The first-order chi connectivity index (χ1) is 15.8. The van der Waals surface area contributed by atoms with E-state index < -0.39 is 17.8 Å². The molecule has 3 N–H and O–H groups in total. The molecule has 0 aliphatic heterocycles. The van der Waals surface area contributed by atoms with Gasteiger partial charge in [-0.2, -0.15) is 18.2 Å². The normalized spacial score (nSPS) is 12.8. The smallest absolute Gasteiger partial charge is 0.399 e. The average Bonchev–Trinajstić information content (AvgIpc) is 3.27. The summed E-state index contributed by atoms with van der Waals surface area (Å²) < 4.78 is 41.8. The average molecular weight is 447 g/mol. The van der Waals surface area contributed by atoms with Crippen LogP contribution in [0.5, 0.6) is 0 Å². The molecule has 0 radical (unpaired) electrons. The number of nitrogens with one attached hydrogen (secondary N) is 1. The molecule has 3 aromatic carbocycles. The minimum absolute atomic E-state index is 0.0568. The van der Waals surface area contributed by atoms with Crippen LogP contribution in [0.2, 0.25) is 0 Å². The fourth-order valence-corrected chi connectivity index (χ4v) is 3.96.